The number of aromatic nitrogens is 2. The van der Waals surface area contributed by atoms with Crippen molar-refractivity contribution in [3.8, 4) is 17.4 Å². The Morgan fingerprint density at radius 3 is 2.76 bits per heavy atom. The van der Waals surface area contributed by atoms with E-state index < -0.39 is 0 Å². The van der Waals surface area contributed by atoms with Gasteiger partial charge in [-0.25, -0.2) is 0 Å². The van der Waals surface area contributed by atoms with Crippen molar-refractivity contribution in [3.63, 3.8) is 0 Å². The number of nitrogens with one attached hydrogen (secondary N) is 1. The number of hydrogen-bond donors (Lipinski definition) is 2. The topological polar surface area (TPSA) is 91.5 Å². The minimum absolute atomic E-state index is 0.145. The molecular formula is C14H16N4O3. The Morgan fingerprint density at radius 2 is 1.95 bits per heavy atom. The molecule has 7 heteroatoms. The highest BCUT2D eigenvalue weighted by molar-refractivity contribution is 5.62. The van der Waals surface area contributed by atoms with Gasteiger partial charge in [-0.05, 0) is 12.1 Å². The van der Waals surface area contributed by atoms with E-state index in [0.29, 0.717) is 30.7 Å². The molecular weight excluding hydrogens is 272 g/mol. The quantitative estimate of drug-likeness (QED) is 0.892. The zero-order valence-electron chi connectivity index (χ0n) is 11.6. The van der Waals surface area contributed by atoms with Crippen molar-refractivity contribution in [1.82, 2.24) is 9.97 Å². The van der Waals surface area contributed by atoms with Crippen molar-refractivity contribution >= 4 is 17.5 Å². The molecule has 7 nitrogen and oxygen atoms in total. The molecule has 110 valence electrons. The maximum atomic E-state index is 5.65. The third kappa shape index (κ3) is 3.07. The van der Waals surface area contributed by atoms with Gasteiger partial charge >= 0.3 is 0 Å². The molecule has 0 fully saturated rings. The molecule has 1 aliphatic rings. The average molecular weight is 288 g/mol. The lowest BCUT2D eigenvalue weighted by molar-refractivity contribution is 0.297. The number of ether oxygens (including phenoxy) is 3. The Kier molecular flexibility index (Phi) is 3.63. The minimum Gasteiger partial charge on any atom is -0.490 e. The summed E-state index contributed by atoms with van der Waals surface area (Å²) in [6.07, 6.45) is 0.872. The number of nitrogens with two attached hydrogens (primary N) is 1. The number of benzene rings is 1. The van der Waals surface area contributed by atoms with Gasteiger partial charge in [0, 0.05) is 24.2 Å². The minimum atomic E-state index is 0.145. The normalized spacial score (nSPS) is 13.4. The van der Waals surface area contributed by atoms with Crippen LogP contribution >= 0.6 is 0 Å². The van der Waals surface area contributed by atoms with Gasteiger partial charge in [0.05, 0.1) is 20.3 Å². The van der Waals surface area contributed by atoms with Crippen molar-refractivity contribution in [3.05, 3.63) is 24.3 Å². The molecule has 3 rings (SSSR count). The van der Waals surface area contributed by atoms with Crippen LogP contribution in [0, 0.1) is 0 Å². The van der Waals surface area contributed by atoms with Gasteiger partial charge in [0.1, 0.15) is 5.82 Å². The van der Waals surface area contributed by atoms with E-state index in [-0.39, 0.29) is 5.95 Å². The molecule has 3 N–H and O–H groups in total. The Balaban J connectivity index is 1.85. The highest BCUT2D eigenvalue weighted by atomic mass is 16.5. The van der Waals surface area contributed by atoms with Crippen molar-refractivity contribution < 1.29 is 14.2 Å². The largest absolute Gasteiger partial charge is 0.490 e. The van der Waals surface area contributed by atoms with Gasteiger partial charge in [-0.1, -0.05) is 0 Å². The van der Waals surface area contributed by atoms with Crippen LogP contribution in [0.5, 0.6) is 17.4 Å². The van der Waals surface area contributed by atoms with E-state index in [9.17, 15) is 0 Å². The Morgan fingerprint density at radius 1 is 1.14 bits per heavy atom. The SMILES string of the molecule is COc1cc(Nc2ccc3c(c2)OCCCO3)nc(N)n1. The second kappa shape index (κ2) is 5.74. The Labute approximate surface area is 122 Å². The standard InChI is InChI=1S/C14H16N4O3/c1-19-13-8-12(17-14(15)18-13)16-9-3-4-10-11(7-9)21-6-2-5-20-10/h3-4,7-8H,2,5-6H2,1H3,(H3,15,16,17,18). The van der Waals surface area contributed by atoms with Crippen LogP contribution in [0.15, 0.2) is 24.3 Å². The van der Waals surface area contributed by atoms with Crippen LogP contribution in [-0.2, 0) is 0 Å². The maximum Gasteiger partial charge on any atom is 0.225 e. The second-order valence-corrected chi connectivity index (χ2v) is 4.49. The van der Waals surface area contributed by atoms with Gasteiger partial charge in [0.25, 0.3) is 0 Å². The Bertz CT molecular complexity index is 648. The molecule has 0 aliphatic carbocycles. The number of rotatable bonds is 3. The van der Waals surface area contributed by atoms with Crippen LogP contribution in [0.25, 0.3) is 0 Å². The number of nitrogen functional groups attached to an aromatic ring is 1. The van der Waals surface area contributed by atoms with E-state index >= 15 is 0 Å². The Hall–Kier alpha value is -2.70. The fraction of sp³-hybridized carbons (Fsp3) is 0.286. The molecule has 1 aromatic heterocycles. The molecule has 0 saturated heterocycles. The van der Waals surface area contributed by atoms with Crippen LogP contribution in [0.2, 0.25) is 0 Å². The van der Waals surface area contributed by atoms with Gasteiger partial charge < -0.3 is 25.3 Å². The predicted molar refractivity (Wildman–Crippen MR) is 78.3 cm³/mol. The second-order valence-electron chi connectivity index (χ2n) is 4.49. The summed E-state index contributed by atoms with van der Waals surface area (Å²) < 4.78 is 16.3. The molecule has 0 spiro atoms. The molecule has 1 aliphatic heterocycles. The molecule has 2 heterocycles. The summed E-state index contributed by atoms with van der Waals surface area (Å²) in [7, 11) is 1.53. The monoisotopic (exact) mass is 288 g/mol. The van der Waals surface area contributed by atoms with Gasteiger partial charge in [0.2, 0.25) is 11.8 Å². The molecule has 1 aromatic carbocycles. The van der Waals surface area contributed by atoms with E-state index in [4.69, 9.17) is 19.9 Å². The van der Waals surface area contributed by atoms with Crippen LogP contribution in [0.1, 0.15) is 6.42 Å². The summed E-state index contributed by atoms with van der Waals surface area (Å²) in [6.45, 7) is 1.31. The molecule has 0 unspecified atom stereocenters. The van der Waals surface area contributed by atoms with Crippen molar-refractivity contribution in [2.45, 2.75) is 6.42 Å². The number of fused-ring (bicyclic) bond motifs is 1. The van der Waals surface area contributed by atoms with Gasteiger partial charge in [-0.3, -0.25) is 0 Å². The molecule has 0 amide bonds. The summed E-state index contributed by atoms with van der Waals surface area (Å²) in [5.41, 5.74) is 6.45. The highest BCUT2D eigenvalue weighted by Crippen LogP contribution is 2.33. The number of hydrogen-bond acceptors (Lipinski definition) is 7. The molecule has 0 atom stereocenters. The summed E-state index contributed by atoms with van der Waals surface area (Å²) in [4.78, 5) is 8.05. The zero-order valence-corrected chi connectivity index (χ0v) is 11.6. The van der Waals surface area contributed by atoms with E-state index in [1.165, 1.54) is 7.11 Å². The first-order valence-corrected chi connectivity index (χ1v) is 6.60. The number of nitrogens with zero attached hydrogens (tertiary/aromatic N) is 2. The molecule has 2 aromatic rings. The highest BCUT2D eigenvalue weighted by Gasteiger charge is 2.11. The molecule has 0 bridgehead atoms. The molecule has 0 saturated carbocycles. The van der Waals surface area contributed by atoms with Crippen LogP contribution in [0.3, 0.4) is 0 Å². The fourth-order valence-electron chi connectivity index (χ4n) is 2.00. The van der Waals surface area contributed by atoms with Gasteiger partial charge in [-0.15, -0.1) is 0 Å². The van der Waals surface area contributed by atoms with Crippen LogP contribution in [0.4, 0.5) is 17.5 Å². The van der Waals surface area contributed by atoms with E-state index in [2.05, 4.69) is 15.3 Å². The number of anilines is 3. The lowest BCUT2D eigenvalue weighted by Crippen LogP contribution is -2.02. The summed E-state index contributed by atoms with van der Waals surface area (Å²) in [5.74, 6) is 2.56. The maximum absolute atomic E-state index is 5.65. The smallest absolute Gasteiger partial charge is 0.225 e. The lowest BCUT2D eigenvalue weighted by Gasteiger charge is -2.11. The third-order valence-corrected chi connectivity index (χ3v) is 2.95. The summed E-state index contributed by atoms with van der Waals surface area (Å²) in [5, 5.41) is 3.14. The first-order valence-electron chi connectivity index (χ1n) is 6.60. The van der Waals surface area contributed by atoms with Crippen LogP contribution < -0.4 is 25.3 Å². The van der Waals surface area contributed by atoms with Crippen molar-refractivity contribution in [2.24, 2.45) is 0 Å². The lowest BCUT2D eigenvalue weighted by atomic mass is 10.2. The summed E-state index contributed by atoms with van der Waals surface area (Å²) in [6, 6.07) is 7.29. The average Bonchev–Trinajstić information content (AvgIpc) is 2.71. The van der Waals surface area contributed by atoms with Crippen LogP contribution in [-0.4, -0.2) is 30.3 Å². The molecule has 0 radical (unpaired) electrons. The van der Waals surface area contributed by atoms with Gasteiger partial charge in [0.15, 0.2) is 11.5 Å². The molecule has 21 heavy (non-hydrogen) atoms. The van der Waals surface area contributed by atoms with Crippen molar-refractivity contribution in [1.29, 1.82) is 0 Å². The van der Waals surface area contributed by atoms with Crippen molar-refractivity contribution in [2.75, 3.05) is 31.4 Å². The number of methoxy groups -OCH3 is 1. The van der Waals surface area contributed by atoms with Gasteiger partial charge in [-0.2, -0.15) is 9.97 Å². The van der Waals surface area contributed by atoms with E-state index in [1.54, 1.807) is 6.07 Å². The first-order chi connectivity index (χ1) is 10.2. The fourth-order valence-corrected chi connectivity index (χ4v) is 2.00. The predicted octanol–water partition coefficient (Wildman–Crippen LogP) is 1.97. The summed E-state index contributed by atoms with van der Waals surface area (Å²) >= 11 is 0. The van der Waals surface area contributed by atoms with E-state index in [0.717, 1.165) is 17.9 Å². The first kappa shape index (κ1) is 13.3. The van der Waals surface area contributed by atoms with E-state index in [1.807, 2.05) is 18.2 Å². The third-order valence-electron chi connectivity index (χ3n) is 2.95. The zero-order chi connectivity index (χ0) is 14.7.